The molecule has 0 aliphatic carbocycles. The number of amides is 12. The van der Waals surface area contributed by atoms with Gasteiger partial charge in [0, 0.05) is 68.3 Å². The largest absolute Gasteiger partial charge is 0.497 e. The number of rotatable bonds is 28. The van der Waals surface area contributed by atoms with Crippen LogP contribution in [-0.2, 0) is 86.3 Å². The molecule has 0 fully saturated rings. The number of Topliss-reactive ketones (excluding diaryl/α,β-unsaturated/α-hetero) is 6. The van der Waals surface area contributed by atoms with E-state index in [0.29, 0.717) is 58.3 Å². The predicted octanol–water partition coefficient (Wildman–Crippen LogP) is 1.47. The van der Waals surface area contributed by atoms with E-state index in [4.69, 9.17) is 14.2 Å². The summed E-state index contributed by atoms with van der Waals surface area (Å²) in [7, 11) is 1.45. The number of carbonyl (C=O) groups is 21. The average Bonchev–Trinajstić information content (AvgIpc) is 1.65. The van der Waals surface area contributed by atoms with E-state index >= 15 is 0 Å². The van der Waals surface area contributed by atoms with Gasteiger partial charge in [0.25, 0.3) is 41.2 Å². The van der Waals surface area contributed by atoms with Crippen molar-refractivity contribution in [1.29, 1.82) is 0 Å². The zero-order chi connectivity index (χ0) is 86.6. The summed E-state index contributed by atoms with van der Waals surface area (Å²) in [5.74, 6) is -11.6. The molecule has 12 amide bonds. The van der Waals surface area contributed by atoms with Crippen molar-refractivity contribution in [3.05, 3.63) is 162 Å². The highest BCUT2D eigenvalue weighted by Gasteiger charge is 2.42. The first-order valence-electron chi connectivity index (χ1n) is 36.7. The molecule has 0 radical (unpaired) electrons. The maximum Gasteiger partial charge on any atom is 0.293 e. The molecule has 0 saturated heterocycles. The third-order valence-corrected chi connectivity index (χ3v) is 18.6. The minimum Gasteiger partial charge on any atom is -0.497 e. The molecule has 618 valence electrons. The van der Waals surface area contributed by atoms with E-state index in [1.807, 2.05) is 0 Å². The molecule has 6 aromatic carbocycles. The van der Waals surface area contributed by atoms with Gasteiger partial charge in [0.2, 0.25) is 53.8 Å². The van der Waals surface area contributed by atoms with Crippen LogP contribution >= 0.6 is 0 Å². The van der Waals surface area contributed by atoms with Gasteiger partial charge in [-0.05, 0) is 106 Å². The summed E-state index contributed by atoms with van der Waals surface area (Å²) in [5, 5.41) is 15.0. The van der Waals surface area contributed by atoms with Gasteiger partial charge < -0.3 is 80.2 Å². The molecule has 37 nitrogen and oxygen atoms in total. The molecule has 11 rings (SSSR count). The molecule has 0 saturated carbocycles. The number of para-hydroxylation sites is 7. The number of hydrogen-bond acceptors (Lipinski definition) is 24. The minimum absolute atomic E-state index is 0.00357. The number of H-pyrrole nitrogens is 1. The first-order valence-corrected chi connectivity index (χ1v) is 36.7. The summed E-state index contributed by atoms with van der Waals surface area (Å²) in [5.41, 5.74) is 2.36. The fourth-order valence-electron chi connectivity index (χ4n) is 13.1. The fraction of sp³-hybridized carbons (Fsp3) is 0.280. The number of nitrogens with zero attached hydrogens (tertiary/aromatic N) is 6. The molecule has 1 aromatic heterocycles. The monoisotopic (exact) mass is 1630 g/mol. The quantitative estimate of drug-likeness (QED) is 0.0207. The first-order chi connectivity index (χ1) is 56.7. The normalized spacial score (nSPS) is 15.8. The van der Waals surface area contributed by atoms with E-state index in [-0.39, 0.29) is 103 Å². The van der Waals surface area contributed by atoms with Gasteiger partial charge in [0.15, 0.2) is 11.5 Å². The van der Waals surface area contributed by atoms with Crippen molar-refractivity contribution in [2.45, 2.75) is 97.1 Å². The number of nitrogens with one attached hydrogen (secondary N) is 7. The highest BCUT2D eigenvalue weighted by molar-refractivity contribution is 6.46. The third-order valence-electron chi connectivity index (χ3n) is 18.6. The van der Waals surface area contributed by atoms with E-state index in [1.54, 1.807) is 78.9 Å². The highest BCUT2D eigenvalue weighted by Crippen LogP contribution is 2.37. The van der Waals surface area contributed by atoms with E-state index < -0.39 is 144 Å². The van der Waals surface area contributed by atoms with E-state index in [9.17, 15) is 101 Å². The lowest BCUT2D eigenvalue weighted by Gasteiger charge is -2.25. The number of carbonyl (C=O) groups excluding carboxylic acids is 21. The Hall–Kier alpha value is -15.1. The van der Waals surface area contributed by atoms with Crippen LogP contribution in [0.1, 0.15) is 91.9 Å². The molecule has 4 aliphatic heterocycles. The summed E-state index contributed by atoms with van der Waals surface area (Å²) in [6, 6.07) is 28.5. The van der Waals surface area contributed by atoms with Crippen LogP contribution in [0.5, 0.6) is 17.2 Å². The molecule has 7 N–H and O–H groups in total. The number of aldehydes is 3. The maximum atomic E-state index is 13.8. The van der Waals surface area contributed by atoms with E-state index in [2.05, 4.69) is 36.9 Å². The zero-order valence-corrected chi connectivity index (χ0v) is 65.1. The van der Waals surface area contributed by atoms with Crippen LogP contribution in [0.3, 0.4) is 0 Å². The van der Waals surface area contributed by atoms with E-state index in [1.165, 1.54) is 130 Å². The van der Waals surface area contributed by atoms with Crippen LogP contribution in [0.15, 0.2) is 146 Å². The number of benzene rings is 6. The summed E-state index contributed by atoms with van der Waals surface area (Å²) in [6.45, 7) is 4.98. The number of aromatic nitrogens is 1. The van der Waals surface area contributed by atoms with Gasteiger partial charge in [-0.2, -0.15) is 0 Å². The highest BCUT2D eigenvalue weighted by atomic mass is 16.7. The molecule has 7 aromatic rings. The number of ketones is 6. The average molecular weight is 1630 g/mol. The number of ether oxygens (including phenoxy) is 3. The van der Waals surface area contributed by atoms with Crippen LogP contribution < -0.4 is 75.5 Å². The lowest BCUT2D eigenvalue weighted by molar-refractivity contribution is -0.128. The van der Waals surface area contributed by atoms with Crippen LogP contribution in [0.25, 0.3) is 10.9 Å². The van der Waals surface area contributed by atoms with Crippen molar-refractivity contribution in [3.63, 3.8) is 0 Å². The van der Waals surface area contributed by atoms with Gasteiger partial charge in [0.1, 0.15) is 79.7 Å². The molecule has 0 spiro atoms. The Bertz CT molecular complexity index is 5250. The summed E-state index contributed by atoms with van der Waals surface area (Å²) >= 11 is 0. The number of anilines is 6. The molecule has 6 atom stereocenters. The summed E-state index contributed by atoms with van der Waals surface area (Å²) in [6.07, 6.45) is 2.01. The Morgan fingerprint density at radius 3 is 1.13 bits per heavy atom. The fourth-order valence-corrected chi connectivity index (χ4v) is 13.1. The minimum atomic E-state index is -1.41. The Balaban J connectivity index is 0.000000203. The van der Waals surface area contributed by atoms with Gasteiger partial charge in [-0.25, -0.2) is 0 Å². The number of fused-ring (bicyclic) bond motifs is 5. The van der Waals surface area contributed by atoms with E-state index in [0.717, 1.165) is 14.7 Å². The van der Waals surface area contributed by atoms with Crippen LogP contribution in [0, 0.1) is 0 Å². The molecule has 37 heteroatoms. The Morgan fingerprint density at radius 1 is 0.429 bits per heavy atom. The Kier molecular flexibility index (Phi) is 29.4. The van der Waals surface area contributed by atoms with Gasteiger partial charge in [0.05, 0.1) is 84.6 Å². The van der Waals surface area contributed by atoms with Gasteiger partial charge in [-0.3, -0.25) is 101 Å². The molecule has 119 heavy (non-hydrogen) atoms. The molecule has 4 aliphatic rings. The number of methoxy groups -OCH3 is 1. The zero-order valence-electron chi connectivity index (χ0n) is 65.1. The Labute approximate surface area is 677 Å². The van der Waals surface area contributed by atoms with Crippen LogP contribution in [-0.4, -0.2) is 219 Å². The standard InChI is InChI=1S/C28H27N5O7.C27H26N4O9.C27H28N4O8/c1-16(35)11-18(15-34)30-25(37)14-33-24-10-6-5-9-23(24)32(17(2)36)13-22(28(33)40)31-27(39)26(38)20-12-29-21-8-4-3-7-19(20)21;1-15(33)9-18(13-32)28-24(35)12-31-21-6-4-3-5-20(21)30(16(2)34)11-19(27(31)38)29-26(37)25(36)17-7-8-22-23(10-17)40-14-39-22;1-16(33)12-19(15-32)28-24(35)14-31-23-7-5-4-6-22(23)30(17(2)34)13-21(27(31)38)29-26(37)25(36)18-8-10-20(39-3)11-9-18/h3-10,12,15,18,22,29H,11,13-14H2,1-2H3,(H,30,37)(H,31,39);3-8,10,13,18-19H,9,11-12,14H2,1-2H3,(H,28,35)(H,29,37);4-11,15,19,21H,12-14H2,1-3H3,(H,28,35)(H,29,37)/t18-,22-;18-,19-;19-,21-/m000/s1. The van der Waals surface area contributed by atoms with Crippen LogP contribution in [0.2, 0.25) is 0 Å². The van der Waals surface area contributed by atoms with Gasteiger partial charge in [-0.15, -0.1) is 0 Å². The molecule has 0 unspecified atom stereocenters. The Morgan fingerprint density at radius 2 is 0.765 bits per heavy atom. The number of aromatic amines is 1. The second-order valence-electron chi connectivity index (χ2n) is 27.4. The number of hydrogen-bond donors (Lipinski definition) is 7. The third kappa shape index (κ3) is 21.9. The van der Waals surface area contributed by atoms with Crippen molar-refractivity contribution < 1.29 is 115 Å². The summed E-state index contributed by atoms with van der Waals surface area (Å²) in [4.78, 5) is 273. The van der Waals surface area contributed by atoms with Gasteiger partial charge >= 0.3 is 0 Å². The van der Waals surface area contributed by atoms with Crippen molar-refractivity contribution in [1.82, 2.24) is 36.9 Å². The lowest BCUT2D eigenvalue weighted by Crippen LogP contribution is -2.55. The molecule has 5 heterocycles. The molecule has 0 bridgehead atoms. The first kappa shape index (κ1) is 87.9. The SMILES string of the molecule is CC(=O)C[C@@H](C=O)NC(=O)CN1C(=O)[C@@H](NC(=O)C(=O)c2c[nH]c3ccccc23)CN(C(C)=O)c2ccccc21.CC(=O)C[C@@H](C=O)NC(=O)CN1C(=O)[C@@H](NC(=O)C(=O)c2ccc3c(c2)OCO3)CN(C(C)=O)c2ccccc21.COc1ccc(C(=O)C(=O)N[C@H]2CN(C(C)=O)c3ccccc3N(CC(=O)N[C@H](C=O)CC(C)=O)C2=O)cc1. The molecular weight excluding hydrogens is 1550 g/mol. The van der Waals surface area contributed by atoms with Crippen molar-refractivity contribution in [2.75, 3.05) is 82.6 Å². The molecular formula is C82H81N13O24. The topological polar surface area (TPSA) is 494 Å². The lowest BCUT2D eigenvalue weighted by atomic mass is 10.1. The second kappa shape index (κ2) is 39.8. The summed E-state index contributed by atoms with van der Waals surface area (Å²) < 4.78 is 15.5. The van der Waals surface area contributed by atoms with Crippen LogP contribution in [0.4, 0.5) is 34.1 Å². The van der Waals surface area contributed by atoms with Crippen molar-refractivity contribution in [3.8, 4) is 17.2 Å². The second-order valence-corrected chi connectivity index (χ2v) is 27.4. The van der Waals surface area contributed by atoms with Crippen molar-refractivity contribution in [2.24, 2.45) is 0 Å². The van der Waals surface area contributed by atoms with Gasteiger partial charge in [-0.1, -0.05) is 54.6 Å². The predicted molar refractivity (Wildman–Crippen MR) is 423 cm³/mol. The smallest absolute Gasteiger partial charge is 0.293 e. The maximum absolute atomic E-state index is 13.8. The van der Waals surface area contributed by atoms with Crippen molar-refractivity contribution >= 4 is 169 Å².